The molecular weight excluding hydrogens is 190 g/mol. The molecule has 0 saturated carbocycles. The van der Waals surface area contributed by atoms with Crippen molar-refractivity contribution in [3.8, 4) is 5.75 Å². The molecule has 81 valence electrons. The van der Waals surface area contributed by atoms with Crippen LogP contribution >= 0.6 is 0 Å². The lowest BCUT2D eigenvalue weighted by Crippen LogP contribution is -2.48. The fourth-order valence-electron chi connectivity index (χ4n) is 1.46. The molecule has 1 amide bonds. The van der Waals surface area contributed by atoms with Crippen molar-refractivity contribution in [2.75, 3.05) is 0 Å². The average Bonchev–Trinajstić information content (AvgIpc) is 2.27. The average molecular weight is 206 g/mol. The van der Waals surface area contributed by atoms with Gasteiger partial charge in [-0.1, -0.05) is 26.0 Å². The fourth-order valence-corrected chi connectivity index (χ4v) is 1.46. The summed E-state index contributed by atoms with van der Waals surface area (Å²) in [5, 5.41) is 0. The van der Waals surface area contributed by atoms with Crippen LogP contribution in [0.4, 0.5) is 0 Å². The van der Waals surface area contributed by atoms with Gasteiger partial charge in [-0.05, 0) is 31.0 Å². The number of hydrogen-bond acceptors (Lipinski definition) is 2. The maximum absolute atomic E-state index is 11.4. The van der Waals surface area contributed by atoms with Gasteiger partial charge in [0.25, 0.3) is 5.91 Å². The summed E-state index contributed by atoms with van der Waals surface area (Å²) in [4.78, 5) is 11.4. The fraction of sp³-hybridized carbons (Fsp3) is 0.417. The molecule has 0 unspecified atom stereocenters. The number of benzene rings is 1. The van der Waals surface area contributed by atoms with E-state index in [1.54, 1.807) is 18.2 Å². The highest BCUT2D eigenvalue weighted by molar-refractivity contribution is 5.83. The van der Waals surface area contributed by atoms with Crippen LogP contribution in [0, 0.1) is 6.07 Å². The highest BCUT2D eigenvalue weighted by atomic mass is 16.5. The lowest BCUT2D eigenvalue weighted by Gasteiger charge is -2.29. The smallest absolute Gasteiger partial charge is 0.261 e. The molecule has 3 heteroatoms. The van der Waals surface area contributed by atoms with Gasteiger partial charge in [0, 0.05) is 0 Å². The van der Waals surface area contributed by atoms with Crippen LogP contribution in [0.5, 0.6) is 5.75 Å². The van der Waals surface area contributed by atoms with E-state index < -0.39 is 11.5 Å². The molecule has 15 heavy (non-hydrogen) atoms. The van der Waals surface area contributed by atoms with E-state index in [-0.39, 0.29) is 0 Å². The summed E-state index contributed by atoms with van der Waals surface area (Å²) in [6.45, 7) is 3.78. The van der Waals surface area contributed by atoms with Crippen molar-refractivity contribution in [2.24, 2.45) is 5.73 Å². The molecule has 0 aromatic heterocycles. The molecule has 1 aromatic rings. The second kappa shape index (κ2) is 4.82. The first kappa shape index (κ1) is 11.6. The standard InChI is InChI=1S/C12H16NO2/c1-3-12(4-2,11(13)14)15-10-8-6-5-7-9-10/h5-6,8-9H,3-4H2,1-2H3,(H2,13,14). The summed E-state index contributed by atoms with van der Waals surface area (Å²) in [6, 6.07) is 9.97. The number of primary amides is 1. The number of carbonyl (C=O) groups excluding carboxylic acids is 1. The Kier molecular flexibility index (Phi) is 3.72. The predicted octanol–water partition coefficient (Wildman–Crippen LogP) is 1.91. The van der Waals surface area contributed by atoms with E-state index in [2.05, 4.69) is 6.07 Å². The Labute approximate surface area is 90.2 Å². The Balaban J connectivity index is 2.89. The van der Waals surface area contributed by atoms with Gasteiger partial charge in [0.2, 0.25) is 0 Å². The van der Waals surface area contributed by atoms with E-state index >= 15 is 0 Å². The highest BCUT2D eigenvalue weighted by Gasteiger charge is 2.35. The molecular formula is C12H16NO2. The molecule has 3 nitrogen and oxygen atoms in total. The van der Waals surface area contributed by atoms with Gasteiger partial charge >= 0.3 is 0 Å². The zero-order valence-electron chi connectivity index (χ0n) is 9.12. The second-order valence-electron chi connectivity index (χ2n) is 3.41. The van der Waals surface area contributed by atoms with Crippen molar-refractivity contribution in [2.45, 2.75) is 32.3 Å². The van der Waals surface area contributed by atoms with Crippen LogP contribution in [0.3, 0.4) is 0 Å². The number of rotatable bonds is 5. The molecule has 0 heterocycles. The van der Waals surface area contributed by atoms with E-state index in [0.29, 0.717) is 18.6 Å². The summed E-state index contributed by atoms with van der Waals surface area (Å²) >= 11 is 0. The van der Waals surface area contributed by atoms with Crippen molar-refractivity contribution in [3.63, 3.8) is 0 Å². The summed E-state index contributed by atoms with van der Waals surface area (Å²) < 4.78 is 5.66. The van der Waals surface area contributed by atoms with Gasteiger partial charge in [0.05, 0.1) is 0 Å². The third-order valence-corrected chi connectivity index (χ3v) is 2.58. The molecule has 0 spiro atoms. The van der Waals surface area contributed by atoms with Crippen molar-refractivity contribution in [1.29, 1.82) is 0 Å². The molecule has 0 aliphatic carbocycles. The Bertz CT molecular complexity index is 318. The van der Waals surface area contributed by atoms with Crippen LogP contribution in [0.15, 0.2) is 24.3 Å². The molecule has 0 saturated heterocycles. The minimum absolute atomic E-state index is 0.420. The molecule has 0 aliphatic heterocycles. The van der Waals surface area contributed by atoms with Crippen molar-refractivity contribution >= 4 is 5.91 Å². The molecule has 1 radical (unpaired) electrons. The highest BCUT2D eigenvalue weighted by Crippen LogP contribution is 2.23. The monoisotopic (exact) mass is 206 g/mol. The first-order valence-electron chi connectivity index (χ1n) is 5.09. The molecule has 1 aromatic carbocycles. The quantitative estimate of drug-likeness (QED) is 0.800. The topological polar surface area (TPSA) is 52.3 Å². The first-order chi connectivity index (χ1) is 7.14. The normalized spacial score (nSPS) is 11.1. The van der Waals surface area contributed by atoms with Gasteiger partial charge < -0.3 is 10.5 Å². The number of carbonyl (C=O) groups is 1. The number of amides is 1. The van der Waals surface area contributed by atoms with E-state index in [9.17, 15) is 4.79 Å². The zero-order valence-corrected chi connectivity index (χ0v) is 9.12. The molecule has 0 bridgehead atoms. The molecule has 1 rings (SSSR count). The number of nitrogens with two attached hydrogens (primary N) is 1. The van der Waals surface area contributed by atoms with Gasteiger partial charge in [-0.25, -0.2) is 0 Å². The lowest BCUT2D eigenvalue weighted by molar-refractivity contribution is -0.134. The summed E-state index contributed by atoms with van der Waals surface area (Å²) in [6.07, 6.45) is 1.13. The summed E-state index contributed by atoms with van der Waals surface area (Å²) in [5.74, 6) is 0.205. The van der Waals surface area contributed by atoms with E-state index in [4.69, 9.17) is 10.5 Å². The van der Waals surface area contributed by atoms with Gasteiger partial charge in [0.1, 0.15) is 5.75 Å². The molecule has 0 aliphatic rings. The Morgan fingerprint density at radius 3 is 2.60 bits per heavy atom. The van der Waals surface area contributed by atoms with Gasteiger partial charge in [-0.3, -0.25) is 4.79 Å². The minimum atomic E-state index is -0.894. The van der Waals surface area contributed by atoms with Crippen LogP contribution < -0.4 is 10.5 Å². The molecule has 2 N–H and O–H groups in total. The number of ether oxygens (including phenoxy) is 1. The maximum Gasteiger partial charge on any atom is 0.261 e. The van der Waals surface area contributed by atoms with Crippen molar-refractivity contribution < 1.29 is 9.53 Å². The van der Waals surface area contributed by atoms with Crippen LogP contribution in [0.2, 0.25) is 0 Å². The molecule has 0 atom stereocenters. The van der Waals surface area contributed by atoms with E-state index in [0.717, 1.165) is 0 Å². The number of hydrogen-bond donors (Lipinski definition) is 1. The van der Waals surface area contributed by atoms with Crippen LogP contribution in [-0.4, -0.2) is 11.5 Å². The van der Waals surface area contributed by atoms with Crippen molar-refractivity contribution in [3.05, 3.63) is 30.3 Å². The first-order valence-corrected chi connectivity index (χ1v) is 5.09. The van der Waals surface area contributed by atoms with Crippen molar-refractivity contribution in [1.82, 2.24) is 0 Å². The largest absolute Gasteiger partial charge is 0.477 e. The summed E-state index contributed by atoms with van der Waals surface area (Å²) in [7, 11) is 0. The second-order valence-corrected chi connectivity index (χ2v) is 3.41. The maximum atomic E-state index is 11.4. The van der Waals surface area contributed by atoms with E-state index in [1.807, 2.05) is 19.9 Å². The van der Waals surface area contributed by atoms with Gasteiger partial charge in [-0.15, -0.1) is 0 Å². The minimum Gasteiger partial charge on any atom is -0.477 e. The van der Waals surface area contributed by atoms with Crippen LogP contribution in [0.1, 0.15) is 26.7 Å². The van der Waals surface area contributed by atoms with E-state index in [1.165, 1.54) is 0 Å². The van der Waals surface area contributed by atoms with Gasteiger partial charge in [0.15, 0.2) is 5.60 Å². The predicted molar refractivity (Wildman–Crippen MR) is 58.4 cm³/mol. The Hall–Kier alpha value is -1.51. The lowest BCUT2D eigenvalue weighted by atomic mass is 9.96. The zero-order chi connectivity index (χ0) is 11.3. The third kappa shape index (κ3) is 2.49. The molecule has 0 fully saturated rings. The Morgan fingerprint density at radius 2 is 2.20 bits per heavy atom. The van der Waals surface area contributed by atoms with Crippen LogP contribution in [0.25, 0.3) is 0 Å². The third-order valence-electron chi connectivity index (χ3n) is 2.58. The SMILES string of the molecule is CCC(CC)(Oc1c[c]ccc1)C(N)=O. The van der Waals surface area contributed by atoms with Crippen LogP contribution in [-0.2, 0) is 4.79 Å². The van der Waals surface area contributed by atoms with Gasteiger partial charge in [-0.2, -0.15) is 0 Å². The summed E-state index contributed by atoms with van der Waals surface area (Å²) in [5.41, 5.74) is 4.47. The Morgan fingerprint density at radius 1 is 1.53 bits per heavy atom.